The van der Waals surface area contributed by atoms with Gasteiger partial charge in [-0.25, -0.2) is 4.99 Å². The topological polar surface area (TPSA) is 50.7 Å². The third kappa shape index (κ3) is 4.58. The number of amides is 1. The number of halogens is 3. The van der Waals surface area contributed by atoms with Gasteiger partial charge in [0.25, 0.3) is 5.91 Å². The van der Waals surface area contributed by atoms with Gasteiger partial charge in [-0.3, -0.25) is 4.79 Å². The highest BCUT2D eigenvalue weighted by Gasteiger charge is 2.33. The van der Waals surface area contributed by atoms with Crippen LogP contribution in [0.4, 0.5) is 23.9 Å². The molecule has 8 heteroatoms. The Hall–Kier alpha value is -3.13. The summed E-state index contributed by atoms with van der Waals surface area (Å²) >= 11 is 1.22. The summed E-state index contributed by atoms with van der Waals surface area (Å²) in [5.41, 5.74) is -0.201. The molecule has 0 aliphatic heterocycles. The SMILES string of the molecule is COc1ccc(C=Nc2sccc2C(=O)Nc2ccccc2C(F)(F)F)cc1. The maximum absolute atomic E-state index is 13.1. The minimum absolute atomic E-state index is 0.201. The molecule has 2 aromatic carbocycles. The summed E-state index contributed by atoms with van der Waals surface area (Å²) in [5.74, 6) is 0.0523. The minimum Gasteiger partial charge on any atom is -0.497 e. The van der Waals surface area contributed by atoms with Crippen LogP contribution >= 0.6 is 11.3 Å². The number of para-hydroxylation sites is 1. The molecule has 0 bridgehead atoms. The largest absolute Gasteiger partial charge is 0.497 e. The Morgan fingerprint density at radius 3 is 2.50 bits per heavy atom. The number of ether oxygens (including phenoxy) is 1. The molecule has 3 rings (SSSR count). The zero-order valence-electron chi connectivity index (χ0n) is 14.7. The molecule has 0 aliphatic rings. The number of carbonyl (C=O) groups is 1. The second-order valence-corrected chi connectivity index (χ2v) is 6.56. The third-order valence-corrected chi connectivity index (χ3v) is 4.64. The second kappa shape index (κ2) is 8.26. The quantitative estimate of drug-likeness (QED) is 0.548. The standard InChI is InChI=1S/C20H15F3N2O2S/c1-27-14-8-6-13(7-9-14)12-24-19-15(10-11-28-19)18(26)25-17-5-3-2-4-16(17)20(21,22)23/h2-12H,1H3,(H,25,26). The van der Waals surface area contributed by atoms with Gasteiger partial charge in [-0.05, 0) is 53.4 Å². The van der Waals surface area contributed by atoms with E-state index < -0.39 is 17.6 Å². The molecule has 0 radical (unpaired) electrons. The van der Waals surface area contributed by atoms with Gasteiger partial charge in [0.15, 0.2) is 0 Å². The summed E-state index contributed by atoms with van der Waals surface area (Å²) in [6.07, 6.45) is -2.99. The number of nitrogens with zero attached hydrogens (tertiary/aromatic N) is 1. The van der Waals surface area contributed by atoms with E-state index >= 15 is 0 Å². The van der Waals surface area contributed by atoms with Crippen LogP contribution in [0.25, 0.3) is 0 Å². The van der Waals surface area contributed by atoms with Crippen LogP contribution in [-0.4, -0.2) is 19.2 Å². The van der Waals surface area contributed by atoms with E-state index in [4.69, 9.17) is 4.74 Å². The normalized spacial score (nSPS) is 11.6. The Labute approximate surface area is 163 Å². The fourth-order valence-corrected chi connectivity index (χ4v) is 3.16. The van der Waals surface area contributed by atoms with E-state index in [0.717, 1.165) is 11.6 Å². The van der Waals surface area contributed by atoms with Crippen molar-refractivity contribution in [2.45, 2.75) is 6.18 Å². The van der Waals surface area contributed by atoms with Crippen LogP contribution in [0.15, 0.2) is 65.0 Å². The van der Waals surface area contributed by atoms with Gasteiger partial charge >= 0.3 is 6.18 Å². The molecule has 1 amide bonds. The van der Waals surface area contributed by atoms with Crippen LogP contribution in [0.1, 0.15) is 21.5 Å². The Bertz CT molecular complexity index is 995. The summed E-state index contributed by atoms with van der Waals surface area (Å²) in [5, 5.41) is 4.39. The van der Waals surface area contributed by atoms with Crippen molar-refractivity contribution < 1.29 is 22.7 Å². The van der Waals surface area contributed by atoms with Crippen molar-refractivity contribution in [3.8, 4) is 5.75 Å². The van der Waals surface area contributed by atoms with Crippen LogP contribution < -0.4 is 10.1 Å². The van der Waals surface area contributed by atoms with Crippen molar-refractivity contribution in [1.29, 1.82) is 0 Å². The molecule has 0 atom stereocenters. The first kappa shape index (κ1) is 19.6. The average Bonchev–Trinajstić information content (AvgIpc) is 3.15. The summed E-state index contributed by atoms with van der Waals surface area (Å²) in [6.45, 7) is 0. The van der Waals surface area contributed by atoms with Crippen LogP contribution in [-0.2, 0) is 6.18 Å². The molecule has 4 nitrogen and oxygen atoms in total. The van der Waals surface area contributed by atoms with Gasteiger partial charge in [0.2, 0.25) is 0 Å². The smallest absolute Gasteiger partial charge is 0.418 e. The molecule has 0 unspecified atom stereocenters. The number of alkyl halides is 3. The summed E-state index contributed by atoms with van der Waals surface area (Å²) < 4.78 is 44.4. The van der Waals surface area contributed by atoms with E-state index in [0.29, 0.717) is 10.8 Å². The number of anilines is 1. The molecular weight excluding hydrogens is 389 g/mol. The first-order chi connectivity index (χ1) is 13.4. The number of hydrogen-bond acceptors (Lipinski definition) is 4. The number of benzene rings is 2. The van der Waals surface area contributed by atoms with E-state index in [2.05, 4.69) is 10.3 Å². The lowest BCUT2D eigenvalue weighted by atomic mass is 10.1. The van der Waals surface area contributed by atoms with E-state index in [1.54, 1.807) is 43.0 Å². The summed E-state index contributed by atoms with van der Waals surface area (Å²) in [4.78, 5) is 16.8. The number of rotatable bonds is 5. The number of hydrogen-bond donors (Lipinski definition) is 1. The molecule has 1 aromatic heterocycles. The molecule has 3 aromatic rings. The van der Waals surface area contributed by atoms with Gasteiger partial charge in [-0.2, -0.15) is 13.2 Å². The number of aliphatic imine (C=N–C) groups is 1. The lowest BCUT2D eigenvalue weighted by molar-refractivity contribution is -0.136. The average molecular weight is 404 g/mol. The Balaban J connectivity index is 1.80. The fraction of sp³-hybridized carbons (Fsp3) is 0.100. The molecule has 0 fully saturated rings. The highest BCUT2D eigenvalue weighted by molar-refractivity contribution is 7.14. The summed E-state index contributed by atoms with van der Waals surface area (Å²) in [6, 6.07) is 13.5. The molecular formula is C20H15F3N2O2S. The predicted octanol–water partition coefficient (Wildman–Crippen LogP) is 5.78. The number of carbonyl (C=O) groups excluding carboxylic acids is 1. The van der Waals surface area contributed by atoms with Gasteiger partial charge in [-0.15, -0.1) is 11.3 Å². The Kier molecular flexibility index (Phi) is 5.79. The van der Waals surface area contributed by atoms with Crippen LogP contribution in [0.5, 0.6) is 5.75 Å². The molecule has 0 spiro atoms. The van der Waals surface area contributed by atoms with Crippen molar-refractivity contribution in [3.63, 3.8) is 0 Å². The number of nitrogens with one attached hydrogen (secondary N) is 1. The number of thiophene rings is 1. The third-order valence-electron chi connectivity index (χ3n) is 3.82. The minimum atomic E-state index is -4.56. The lowest BCUT2D eigenvalue weighted by Gasteiger charge is -2.13. The highest BCUT2D eigenvalue weighted by Crippen LogP contribution is 2.35. The maximum atomic E-state index is 13.1. The predicted molar refractivity (Wildman–Crippen MR) is 104 cm³/mol. The Morgan fingerprint density at radius 1 is 1.11 bits per heavy atom. The molecule has 28 heavy (non-hydrogen) atoms. The molecule has 0 aliphatic carbocycles. The van der Waals surface area contributed by atoms with Crippen LogP contribution in [0, 0.1) is 0 Å². The summed E-state index contributed by atoms with van der Waals surface area (Å²) in [7, 11) is 1.57. The van der Waals surface area contributed by atoms with Crippen molar-refractivity contribution >= 4 is 34.1 Å². The van der Waals surface area contributed by atoms with Crippen molar-refractivity contribution in [2.24, 2.45) is 4.99 Å². The molecule has 0 saturated heterocycles. The molecule has 1 N–H and O–H groups in total. The lowest BCUT2D eigenvalue weighted by Crippen LogP contribution is -2.16. The van der Waals surface area contributed by atoms with E-state index in [1.165, 1.54) is 35.6 Å². The molecule has 0 saturated carbocycles. The van der Waals surface area contributed by atoms with Crippen molar-refractivity contribution in [2.75, 3.05) is 12.4 Å². The van der Waals surface area contributed by atoms with Gasteiger partial charge in [-0.1, -0.05) is 12.1 Å². The zero-order chi connectivity index (χ0) is 20.1. The molecule has 1 heterocycles. The monoisotopic (exact) mass is 404 g/mol. The Morgan fingerprint density at radius 2 is 1.82 bits per heavy atom. The van der Waals surface area contributed by atoms with Gasteiger partial charge in [0.05, 0.1) is 23.9 Å². The molecule has 144 valence electrons. The first-order valence-corrected chi connectivity index (χ1v) is 8.99. The fourth-order valence-electron chi connectivity index (χ4n) is 2.43. The first-order valence-electron chi connectivity index (χ1n) is 8.11. The van der Waals surface area contributed by atoms with E-state index in [1.807, 2.05) is 0 Å². The van der Waals surface area contributed by atoms with E-state index in [-0.39, 0.29) is 11.3 Å². The zero-order valence-corrected chi connectivity index (χ0v) is 15.5. The maximum Gasteiger partial charge on any atom is 0.418 e. The van der Waals surface area contributed by atoms with Crippen LogP contribution in [0.2, 0.25) is 0 Å². The van der Waals surface area contributed by atoms with Crippen molar-refractivity contribution in [1.82, 2.24) is 0 Å². The highest BCUT2D eigenvalue weighted by atomic mass is 32.1. The van der Waals surface area contributed by atoms with Crippen molar-refractivity contribution in [3.05, 3.63) is 76.7 Å². The van der Waals surface area contributed by atoms with Crippen LogP contribution in [0.3, 0.4) is 0 Å². The van der Waals surface area contributed by atoms with Gasteiger partial charge in [0.1, 0.15) is 10.8 Å². The van der Waals surface area contributed by atoms with Gasteiger partial charge < -0.3 is 10.1 Å². The van der Waals surface area contributed by atoms with E-state index in [9.17, 15) is 18.0 Å². The number of methoxy groups -OCH3 is 1. The second-order valence-electron chi connectivity index (χ2n) is 5.67. The van der Waals surface area contributed by atoms with Gasteiger partial charge in [0, 0.05) is 6.21 Å².